The zero-order valence-corrected chi connectivity index (χ0v) is 18.0. The molecule has 4 N–H and O–H groups in total. The van der Waals surface area contributed by atoms with Gasteiger partial charge in [-0.3, -0.25) is 4.79 Å². The minimum Gasteiger partial charge on any atom is -0.488 e. The Hall–Kier alpha value is -2.91. The SMILES string of the molecule is Cc1ccc2c(N)c(C(=O)N[C@@H]3COc4c(ccc(N5CCNCC5)c4F)C3)sc2n1. The Morgan fingerprint density at radius 2 is 2.13 bits per heavy atom. The maximum atomic E-state index is 15.1. The maximum Gasteiger partial charge on any atom is 0.263 e. The van der Waals surface area contributed by atoms with E-state index in [1.807, 2.05) is 36.1 Å². The van der Waals surface area contributed by atoms with Gasteiger partial charge in [0.05, 0.1) is 17.4 Å². The molecule has 0 bridgehead atoms. The minimum atomic E-state index is -0.320. The average molecular weight is 442 g/mol. The predicted molar refractivity (Wildman–Crippen MR) is 121 cm³/mol. The molecular formula is C22H24FN5O2S. The van der Waals surface area contributed by atoms with Gasteiger partial charge in [-0.25, -0.2) is 9.37 Å². The number of nitrogens with one attached hydrogen (secondary N) is 2. The number of hydrogen-bond donors (Lipinski definition) is 3. The highest BCUT2D eigenvalue weighted by atomic mass is 32.1. The lowest BCUT2D eigenvalue weighted by Crippen LogP contribution is -2.44. The van der Waals surface area contributed by atoms with E-state index in [1.165, 1.54) is 11.3 Å². The van der Waals surface area contributed by atoms with Crippen LogP contribution in [-0.2, 0) is 6.42 Å². The Bertz CT molecular complexity index is 1160. The van der Waals surface area contributed by atoms with E-state index < -0.39 is 0 Å². The first kappa shape index (κ1) is 20.0. The zero-order valence-electron chi connectivity index (χ0n) is 17.2. The molecule has 31 heavy (non-hydrogen) atoms. The van der Waals surface area contributed by atoms with Crippen LogP contribution in [0.15, 0.2) is 24.3 Å². The number of hydrogen-bond acceptors (Lipinski definition) is 7. The average Bonchev–Trinajstić information content (AvgIpc) is 3.10. The molecule has 2 aliphatic heterocycles. The van der Waals surface area contributed by atoms with Gasteiger partial charge in [0.1, 0.15) is 16.3 Å². The number of carbonyl (C=O) groups is 1. The van der Waals surface area contributed by atoms with Crippen molar-refractivity contribution in [3.63, 3.8) is 0 Å². The van der Waals surface area contributed by atoms with Gasteiger partial charge in [0.15, 0.2) is 11.6 Å². The number of benzene rings is 1. The Balaban J connectivity index is 1.32. The summed E-state index contributed by atoms with van der Waals surface area (Å²) in [5.41, 5.74) is 8.84. The van der Waals surface area contributed by atoms with E-state index in [4.69, 9.17) is 10.5 Å². The first-order valence-corrected chi connectivity index (χ1v) is 11.2. The lowest BCUT2D eigenvalue weighted by Gasteiger charge is -2.32. The van der Waals surface area contributed by atoms with E-state index in [-0.39, 0.29) is 24.4 Å². The molecule has 1 saturated heterocycles. The summed E-state index contributed by atoms with van der Waals surface area (Å²) in [6, 6.07) is 7.21. The van der Waals surface area contributed by atoms with Crippen molar-refractivity contribution in [2.24, 2.45) is 0 Å². The van der Waals surface area contributed by atoms with Crippen molar-refractivity contribution in [3.05, 3.63) is 46.2 Å². The van der Waals surface area contributed by atoms with Crippen LogP contribution >= 0.6 is 11.3 Å². The second kappa shape index (κ2) is 7.97. The minimum absolute atomic E-state index is 0.211. The van der Waals surface area contributed by atoms with Crippen LogP contribution < -0.4 is 26.0 Å². The number of ether oxygens (including phenoxy) is 1. The number of thiophene rings is 1. The van der Waals surface area contributed by atoms with Crippen LogP contribution in [-0.4, -0.2) is 49.7 Å². The predicted octanol–water partition coefficient (Wildman–Crippen LogP) is 2.47. The van der Waals surface area contributed by atoms with E-state index in [0.29, 0.717) is 28.4 Å². The van der Waals surface area contributed by atoms with E-state index in [0.717, 1.165) is 47.7 Å². The van der Waals surface area contributed by atoms with Gasteiger partial charge in [-0.1, -0.05) is 6.07 Å². The van der Waals surface area contributed by atoms with Gasteiger partial charge in [0.2, 0.25) is 0 Å². The van der Waals surface area contributed by atoms with E-state index in [2.05, 4.69) is 15.6 Å². The molecule has 0 aliphatic carbocycles. The summed E-state index contributed by atoms with van der Waals surface area (Å²) in [6.07, 6.45) is 0.502. The van der Waals surface area contributed by atoms with Gasteiger partial charge in [-0.2, -0.15) is 0 Å². The molecule has 1 amide bonds. The van der Waals surface area contributed by atoms with Crippen molar-refractivity contribution in [3.8, 4) is 5.75 Å². The highest BCUT2D eigenvalue weighted by molar-refractivity contribution is 7.21. The van der Waals surface area contributed by atoms with Crippen LogP contribution in [0.3, 0.4) is 0 Å². The summed E-state index contributed by atoms with van der Waals surface area (Å²) in [5.74, 6) is -0.282. The molecule has 9 heteroatoms. The molecule has 0 spiro atoms. The zero-order chi connectivity index (χ0) is 21.5. The van der Waals surface area contributed by atoms with Gasteiger partial charge < -0.3 is 26.0 Å². The van der Waals surface area contributed by atoms with E-state index in [9.17, 15) is 4.79 Å². The molecule has 7 nitrogen and oxygen atoms in total. The molecule has 2 aromatic heterocycles. The highest BCUT2D eigenvalue weighted by Crippen LogP contribution is 2.35. The monoisotopic (exact) mass is 441 g/mol. The van der Waals surface area contributed by atoms with Crippen molar-refractivity contribution in [2.45, 2.75) is 19.4 Å². The normalized spacial score (nSPS) is 18.5. The Morgan fingerprint density at radius 3 is 2.94 bits per heavy atom. The number of piperazine rings is 1. The molecule has 1 fully saturated rings. The van der Waals surface area contributed by atoms with Gasteiger partial charge in [0.25, 0.3) is 5.91 Å². The first-order valence-electron chi connectivity index (χ1n) is 10.4. The Labute approximate surface area is 183 Å². The summed E-state index contributed by atoms with van der Waals surface area (Å²) < 4.78 is 20.9. The van der Waals surface area contributed by atoms with E-state index >= 15 is 4.39 Å². The molecule has 4 heterocycles. The lowest BCUT2D eigenvalue weighted by atomic mass is 10.0. The Morgan fingerprint density at radius 1 is 1.32 bits per heavy atom. The standard InChI is InChI=1S/C22H24FN5O2S/c1-12-2-4-15-18(24)20(31-22(15)26-12)21(29)27-14-10-13-3-5-16(17(23)19(13)30-11-14)28-8-6-25-7-9-28/h2-5,14,25H,6-11,24H2,1H3,(H,27,29)/t14-/m0/s1. The molecule has 162 valence electrons. The molecule has 2 aliphatic rings. The van der Waals surface area contributed by atoms with Gasteiger partial charge >= 0.3 is 0 Å². The molecular weight excluding hydrogens is 417 g/mol. The van der Waals surface area contributed by atoms with Crippen molar-refractivity contribution in [1.29, 1.82) is 0 Å². The number of carbonyl (C=O) groups excluding carboxylic acids is 1. The van der Waals surface area contributed by atoms with Gasteiger partial charge in [0, 0.05) is 37.3 Å². The summed E-state index contributed by atoms with van der Waals surface area (Å²) in [4.78, 5) is 20.6. The number of rotatable bonds is 3. The fourth-order valence-electron chi connectivity index (χ4n) is 4.16. The third-order valence-corrected chi connectivity index (χ3v) is 6.90. The quantitative estimate of drug-likeness (QED) is 0.578. The van der Waals surface area contributed by atoms with Gasteiger partial charge in [-0.15, -0.1) is 11.3 Å². The first-order chi connectivity index (χ1) is 15.0. The van der Waals surface area contributed by atoms with Crippen LogP contribution in [0.4, 0.5) is 15.8 Å². The number of pyridine rings is 1. The second-order valence-electron chi connectivity index (χ2n) is 7.96. The van der Waals surface area contributed by atoms with Crippen molar-refractivity contribution in [2.75, 3.05) is 43.4 Å². The molecule has 1 aromatic carbocycles. The third-order valence-electron chi connectivity index (χ3n) is 5.79. The number of aryl methyl sites for hydroxylation is 1. The van der Waals surface area contributed by atoms with Crippen molar-refractivity contribution in [1.82, 2.24) is 15.6 Å². The maximum absolute atomic E-state index is 15.1. The number of aromatic nitrogens is 1. The van der Waals surface area contributed by atoms with E-state index in [1.54, 1.807) is 0 Å². The number of nitrogen functional groups attached to an aromatic ring is 1. The molecule has 0 unspecified atom stereocenters. The van der Waals surface area contributed by atoms with Crippen LogP contribution in [0.1, 0.15) is 20.9 Å². The smallest absolute Gasteiger partial charge is 0.263 e. The number of anilines is 2. The van der Waals surface area contributed by atoms with Crippen LogP contribution in [0.25, 0.3) is 10.2 Å². The summed E-state index contributed by atoms with van der Waals surface area (Å²) >= 11 is 1.28. The fraction of sp³-hybridized carbons (Fsp3) is 0.364. The molecule has 1 atom stereocenters. The second-order valence-corrected chi connectivity index (χ2v) is 8.96. The molecule has 0 saturated carbocycles. The third kappa shape index (κ3) is 3.68. The summed E-state index contributed by atoms with van der Waals surface area (Å²) in [5, 5.41) is 7.04. The van der Waals surface area contributed by atoms with Gasteiger partial charge in [-0.05, 0) is 37.1 Å². The number of nitrogens with two attached hydrogens (primary N) is 1. The molecule has 5 rings (SSSR count). The number of nitrogens with zero attached hydrogens (tertiary/aromatic N) is 2. The topological polar surface area (TPSA) is 92.5 Å². The number of fused-ring (bicyclic) bond motifs is 2. The molecule has 3 aromatic rings. The van der Waals surface area contributed by atoms with Crippen molar-refractivity contribution >= 4 is 38.8 Å². The summed E-state index contributed by atoms with van der Waals surface area (Å²) in [6.45, 7) is 5.31. The van der Waals surface area contributed by atoms with Crippen molar-refractivity contribution < 1.29 is 13.9 Å². The largest absolute Gasteiger partial charge is 0.488 e. The molecule has 0 radical (unpaired) electrons. The fourth-order valence-corrected chi connectivity index (χ4v) is 5.21. The number of amides is 1. The van der Waals surface area contributed by atoms with Crippen LogP contribution in [0.2, 0.25) is 0 Å². The summed E-state index contributed by atoms with van der Waals surface area (Å²) in [7, 11) is 0. The van der Waals surface area contributed by atoms with Crippen LogP contribution in [0.5, 0.6) is 5.75 Å². The highest BCUT2D eigenvalue weighted by Gasteiger charge is 2.28. The van der Waals surface area contributed by atoms with Crippen LogP contribution in [0, 0.1) is 12.7 Å². The number of halogens is 1. The lowest BCUT2D eigenvalue weighted by molar-refractivity contribution is 0.0919. The Kier molecular flexibility index (Phi) is 5.15.